The second-order valence-electron chi connectivity index (χ2n) is 5.50. The van der Waals surface area contributed by atoms with E-state index >= 15 is 0 Å². The van der Waals surface area contributed by atoms with Gasteiger partial charge in [-0.3, -0.25) is 0 Å². The van der Waals surface area contributed by atoms with Gasteiger partial charge in [0.25, 0.3) is 0 Å². The van der Waals surface area contributed by atoms with E-state index in [1.165, 1.54) is 51.4 Å². The minimum Gasteiger partial charge on any atom is -0.0533 e. The molecule has 2 saturated carbocycles. The van der Waals surface area contributed by atoms with Gasteiger partial charge in [-0.1, -0.05) is 77.0 Å². The number of hydrogen-bond acceptors (Lipinski definition) is 0. The lowest BCUT2D eigenvalue weighted by atomic mass is 9.75. The van der Waals surface area contributed by atoms with Gasteiger partial charge in [0, 0.05) is 0 Å². The Balaban J connectivity index is 1.80. The lowest BCUT2D eigenvalue weighted by Gasteiger charge is -2.31. The number of hydrogen-bond donors (Lipinski definition) is 0. The predicted molar refractivity (Wildman–Crippen MR) is 62.4 cm³/mol. The van der Waals surface area contributed by atoms with E-state index in [4.69, 9.17) is 0 Å². The largest absolute Gasteiger partial charge is 0.0533 e. The molecule has 0 nitrogen and oxygen atoms in total. The van der Waals surface area contributed by atoms with Crippen molar-refractivity contribution in [3.63, 3.8) is 0 Å². The molecule has 0 aliphatic heterocycles. The maximum atomic E-state index is 1.56. The molecule has 0 aromatic carbocycles. The van der Waals surface area contributed by atoms with Crippen LogP contribution < -0.4 is 0 Å². The van der Waals surface area contributed by atoms with Crippen molar-refractivity contribution in [2.24, 2.45) is 11.8 Å². The van der Waals surface area contributed by atoms with Crippen molar-refractivity contribution >= 4 is 0 Å². The van der Waals surface area contributed by atoms with E-state index in [0.717, 1.165) is 11.8 Å². The first-order chi connectivity index (χ1) is 6.97. The van der Waals surface area contributed by atoms with Crippen LogP contribution in [0.5, 0.6) is 0 Å². The third kappa shape index (κ3) is 3.00. The second kappa shape index (κ2) is 5.78. The van der Waals surface area contributed by atoms with E-state index in [0.29, 0.717) is 0 Å². The standard InChI is InChI=1S/C14H26/c1-2-5-9-13(10-6-3-1)14-11-7-4-8-12-14/h13-14H,1-12H2. The summed E-state index contributed by atoms with van der Waals surface area (Å²) in [5.74, 6) is 2.25. The molecule has 2 fully saturated rings. The highest BCUT2D eigenvalue weighted by atomic mass is 14.3. The first-order valence-electron chi connectivity index (χ1n) is 6.97. The number of rotatable bonds is 1. The molecule has 82 valence electrons. The maximum absolute atomic E-state index is 1.56. The normalized spacial score (nSPS) is 28.3. The highest BCUT2D eigenvalue weighted by Crippen LogP contribution is 2.36. The van der Waals surface area contributed by atoms with E-state index < -0.39 is 0 Å². The molecule has 0 saturated heterocycles. The van der Waals surface area contributed by atoms with Crippen LogP contribution in [0, 0.1) is 11.8 Å². The third-order valence-electron chi connectivity index (χ3n) is 4.47. The lowest BCUT2D eigenvalue weighted by molar-refractivity contribution is 0.208. The second-order valence-corrected chi connectivity index (χ2v) is 5.50. The molecular formula is C14H26. The molecule has 0 radical (unpaired) electrons. The highest BCUT2D eigenvalue weighted by Gasteiger charge is 2.23. The molecule has 0 unspecified atom stereocenters. The summed E-state index contributed by atoms with van der Waals surface area (Å²) in [5.41, 5.74) is 0. The van der Waals surface area contributed by atoms with E-state index in [2.05, 4.69) is 0 Å². The van der Waals surface area contributed by atoms with Crippen LogP contribution in [0.1, 0.15) is 77.0 Å². The zero-order valence-electron chi connectivity index (χ0n) is 9.64. The fourth-order valence-electron chi connectivity index (χ4n) is 3.56. The summed E-state index contributed by atoms with van der Waals surface area (Å²) in [5, 5.41) is 0. The summed E-state index contributed by atoms with van der Waals surface area (Å²) in [4.78, 5) is 0. The Morgan fingerprint density at radius 2 is 0.643 bits per heavy atom. The van der Waals surface area contributed by atoms with E-state index in [1.807, 2.05) is 0 Å². The molecule has 0 bridgehead atoms. The molecule has 0 amide bonds. The molecule has 0 heterocycles. The first kappa shape index (κ1) is 10.5. The van der Waals surface area contributed by atoms with Gasteiger partial charge < -0.3 is 0 Å². The zero-order chi connectivity index (χ0) is 9.64. The monoisotopic (exact) mass is 194 g/mol. The Labute approximate surface area is 89.5 Å². The topological polar surface area (TPSA) is 0 Å². The fraction of sp³-hybridized carbons (Fsp3) is 1.00. The van der Waals surface area contributed by atoms with Crippen molar-refractivity contribution in [3.8, 4) is 0 Å². The van der Waals surface area contributed by atoms with Crippen LogP contribution in [-0.2, 0) is 0 Å². The minimum atomic E-state index is 1.12. The average molecular weight is 194 g/mol. The van der Waals surface area contributed by atoms with Gasteiger partial charge >= 0.3 is 0 Å². The molecule has 2 aliphatic carbocycles. The van der Waals surface area contributed by atoms with Crippen molar-refractivity contribution in [1.29, 1.82) is 0 Å². The van der Waals surface area contributed by atoms with E-state index in [9.17, 15) is 0 Å². The molecular weight excluding hydrogens is 168 g/mol. The zero-order valence-corrected chi connectivity index (χ0v) is 9.64. The van der Waals surface area contributed by atoms with Crippen LogP contribution >= 0.6 is 0 Å². The molecule has 0 heteroatoms. The van der Waals surface area contributed by atoms with Crippen molar-refractivity contribution in [2.45, 2.75) is 77.0 Å². The molecule has 0 N–H and O–H groups in total. The Hall–Kier alpha value is 0. The third-order valence-corrected chi connectivity index (χ3v) is 4.47. The van der Waals surface area contributed by atoms with Crippen LogP contribution in [0.4, 0.5) is 0 Å². The summed E-state index contributed by atoms with van der Waals surface area (Å²) in [6, 6.07) is 0. The highest BCUT2D eigenvalue weighted by molar-refractivity contribution is 4.75. The molecule has 0 spiro atoms. The van der Waals surface area contributed by atoms with Gasteiger partial charge in [0.2, 0.25) is 0 Å². The van der Waals surface area contributed by atoms with Gasteiger partial charge in [0.05, 0.1) is 0 Å². The molecule has 0 atom stereocenters. The summed E-state index contributed by atoms with van der Waals surface area (Å²) >= 11 is 0. The van der Waals surface area contributed by atoms with Crippen LogP contribution in [0.2, 0.25) is 0 Å². The SMILES string of the molecule is C1CCCC(C2CCCCC2)CCC1. The Morgan fingerprint density at radius 3 is 1.07 bits per heavy atom. The minimum absolute atomic E-state index is 1.12. The van der Waals surface area contributed by atoms with Gasteiger partial charge in [-0.15, -0.1) is 0 Å². The van der Waals surface area contributed by atoms with Crippen LogP contribution in [-0.4, -0.2) is 0 Å². The van der Waals surface area contributed by atoms with Gasteiger partial charge in [-0.2, -0.15) is 0 Å². The summed E-state index contributed by atoms with van der Waals surface area (Å²) in [6.45, 7) is 0. The molecule has 2 aliphatic rings. The molecule has 14 heavy (non-hydrogen) atoms. The van der Waals surface area contributed by atoms with Crippen LogP contribution in [0.25, 0.3) is 0 Å². The lowest BCUT2D eigenvalue weighted by Crippen LogP contribution is -2.18. The van der Waals surface area contributed by atoms with E-state index in [-0.39, 0.29) is 0 Å². The van der Waals surface area contributed by atoms with Gasteiger partial charge in [-0.05, 0) is 11.8 Å². The van der Waals surface area contributed by atoms with Gasteiger partial charge in [0.1, 0.15) is 0 Å². The van der Waals surface area contributed by atoms with Crippen molar-refractivity contribution in [2.75, 3.05) is 0 Å². The van der Waals surface area contributed by atoms with Crippen LogP contribution in [0.15, 0.2) is 0 Å². The van der Waals surface area contributed by atoms with Gasteiger partial charge in [-0.25, -0.2) is 0 Å². The van der Waals surface area contributed by atoms with Crippen molar-refractivity contribution in [3.05, 3.63) is 0 Å². The Bertz CT molecular complexity index is 136. The smallest absolute Gasteiger partial charge is 0.0386 e. The summed E-state index contributed by atoms with van der Waals surface area (Å²) in [6.07, 6.45) is 18.4. The first-order valence-corrected chi connectivity index (χ1v) is 6.97. The van der Waals surface area contributed by atoms with E-state index in [1.54, 1.807) is 25.7 Å². The molecule has 2 rings (SSSR count). The Morgan fingerprint density at radius 1 is 0.357 bits per heavy atom. The summed E-state index contributed by atoms with van der Waals surface area (Å²) < 4.78 is 0. The maximum Gasteiger partial charge on any atom is -0.0386 e. The van der Waals surface area contributed by atoms with Gasteiger partial charge in [0.15, 0.2) is 0 Å². The molecule has 0 aromatic heterocycles. The van der Waals surface area contributed by atoms with Crippen molar-refractivity contribution in [1.82, 2.24) is 0 Å². The van der Waals surface area contributed by atoms with Crippen molar-refractivity contribution < 1.29 is 0 Å². The fourth-order valence-corrected chi connectivity index (χ4v) is 3.56. The Kier molecular flexibility index (Phi) is 4.34. The van der Waals surface area contributed by atoms with Crippen LogP contribution in [0.3, 0.4) is 0 Å². The average Bonchev–Trinajstić information content (AvgIpc) is 2.18. The quantitative estimate of drug-likeness (QED) is 0.555. The molecule has 0 aromatic rings. The predicted octanol–water partition coefficient (Wildman–Crippen LogP) is 4.93. The summed E-state index contributed by atoms with van der Waals surface area (Å²) in [7, 11) is 0.